The molecule has 0 aliphatic carbocycles. The zero-order valence-corrected chi connectivity index (χ0v) is 10.8. The van der Waals surface area contributed by atoms with Crippen LogP contribution in [0.4, 0.5) is 4.79 Å². The fourth-order valence-corrected chi connectivity index (χ4v) is 1.57. The Hall–Kier alpha value is -2.08. The smallest absolute Gasteiger partial charge is 0.380 e. The topological polar surface area (TPSA) is 76.2 Å². The molecule has 102 valence electrons. The highest BCUT2D eigenvalue weighted by atomic mass is 16.6. The third-order valence-electron chi connectivity index (χ3n) is 2.42. The van der Waals surface area contributed by atoms with Crippen molar-refractivity contribution in [2.45, 2.75) is 13.3 Å². The average Bonchev–Trinajstić information content (AvgIpc) is 2.80. The number of hydrogen-bond donors (Lipinski definition) is 2. The molecule has 6 nitrogen and oxygen atoms in total. The highest BCUT2D eigenvalue weighted by Crippen LogP contribution is 2.14. The molecule has 1 aromatic heterocycles. The van der Waals surface area contributed by atoms with Crippen molar-refractivity contribution in [2.75, 3.05) is 19.8 Å². The van der Waals surface area contributed by atoms with Crippen LogP contribution in [0.2, 0.25) is 0 Å². The van der Waals surface area contributed by atoms with Crippen molar-refractivity contribution in [3.8, 4) is 6.01 Å². The lowest BCUT2D eigenvalue weighted by atomic mass is 10.3. The zero-order chi connectivity index (χ0) is 13.5. The molecule has 1 amide bonds. The molecule has 1 aromatic carbocycles. The molecule has 0 unspecified atom stereocenters. The van der Waals surface area contributed by atoms with E-state index >= 15 is 0 Å². The fraction of sp³-hybridized carbons (Fsp3) is 0.385. The third-order valence-corrected chi connectivity index (χ3v) is 2.42. The second-order valence-electron chi connectivity index (χ2n) is 3.99. The summed E-state index contributed by atoms with van der Waals surface area (Å²) in [6.07, 6.45) is 0.419. The molecule has 0 bridgehead atoms. The van der Waals surface area contributed by atoms with Crippen molar-refractivity contribution in [1.82, 2.24) is 15.3 Å². The first-order valence-electron chi connectivity index (χ1n) is 6.27. The van der Waals surface area contributed by atoms with Crippen LogP contribution in [0, 0.1) is 0 Å². The van der Waals surface area contributed by atoms with Gasteiger partial charge in [-0.25, -0.2) is 4.79 Å². The van der Waals surface area contributed by atoms with Crippen molar-refractivity contribution in [1.29, 1.82) is 0 Å². The van der Waals surface area contributed by atoms with Crippen molar-refractivity contribution < 1.29 is 14.3 Å². The first kappa shape index (κ1) is 13.4. The summed E-state index contributed by atoms with van der Waals surface area (Å²) in [6, 6.07) is 7.65. The molecule has 0 atom stereocenters. The maximum atomic E-state index is 11.5. The number of amides is 1. The Morgan fingerprint density at radius 3 is 3.00 bits per heavy atom. The number of ether oxygens (including phenoxy) is 2. The lowest BCUT2D eigenvalue weighted by molar-refractivity contribution is 0.133. The van der Waals surface area contributed by atoms with Gasteiger partial charge in [0.15, 0.2) is 0 Å². The maximum absolute atomic E-state index is 11.5. The minimum atomic E-state index is -0.542. The SMILES string of the molecule is CCCOCCNC(=O)Oc1nc2ccccc2[nH]1. The molecule has 0 fully saturated rings. The lowest BCUT2D eigenvalue weighted by Crippen LogP contribution is -2.30. The van der Waals surface area contributed by atoms with Gasteiger partial charge in [-0.05, 0) is 18.6 Å². The second kappa shape index (κ2) is 6.75. The van der Waals surface area contributed by atoms with Crippen molar-refractivity contribution in [2.24, 2.45) is 0 Å². The normalized spacial score (nSPS) is 10.6. The van der Waals surface area contributed by atoms with E-state index in [1.807, 2.05) is 31.2 Å². The van der Waals surface area contributed by atoms with Gasteiger partial charge < -0.3 is 19.8 Å². The number of carbonyl (C=O) groups is 1. The van der Waals surface area contributed by atoms with Crippen LogP contribution >= 0.6 is 0 Å². The molecular formula is C13H17N3O3. The predicted molar refractivity (Wildman–Crippen MR) is 71.2 cm³/mol. The highest BCUT2D eigenvalue weighted by Gasteiger charge is 2.07. The number of H-pyrrole nitrogens is 1. The fourth-order valence-electron chi connectivity index (χ4n) is 1.57. The average molecular weight is 263 g/mol. The van der Waals surface area contributed by atoms with Crippen LogP contribution < -0.4 is 10.1 Å². The quantitative estimate of drug-likeness (QED) is 0.782. The molecule has 0 spiro atoms. The van der Waals surface area contributed by atoms with Gasteiger partial charge in [0, 0.05) is 13.2 Å². The number of aromatic nitrogens is 2. The molecule has 0 saturated heterocycles. The number of nitrogens with zero attached hydrogens (tertiary/aromatic N) is 1. The van der Waals surface area contributed by atoms with Crippen molar-refractivity contribution in [3.05, 3.63) is 24.3 Å². The Bertz CT molecular complexity index is 506. The van der Waals surface area contributed by atoms with Gasteiger partial charge in [0.25, 0.3) is 0 Å². The van der Waals surface area contributed by atoms with Crippen LogP contribution in [0.5, 0.6) is 6.01 Å². The molecule has 1 heterocycles. The predicted octanol–water partition coefficient (Wildman–Crippen LogP) is 2.08. The van der Waals surface area contributed by atoms with Crippen LogP contribution in [-0.2, 0) is 4.74 Å². The van der Waals surface area contributed by atoms with Crippen LogP contribution in [0.1, 0.15) is 13.3 Å². The molecule has 2 rings (SSSR count). The summed E-state index contributed by atoms with van der Waals surface area (Å²) in [6.45, 7) is 3.62. The van der Waals surface area contributed by atoms with Crippen LogP contribution in [0.25, 0.3) is 11.0 Å². The molecule has 2 aromatic rings. The molecule has 2 N–H and O–H groups in total. The standard InChI is InChI=1S/C13H17N3O3/c1-2-8-18-9-7-14-13(17)19-12-15-10-5-3-4-6-11(10)16-12/h3-6H,2,7-9H2,1H3,(H,14,17)(H,15,16). The highest BCUT2D eigenvalue weighted by molar-refractivity contribution is 5.77. The minimum absolute atomic E-state index is 0.188. The van der Waals surface area contributed by atoms with Gasteiger partial charge >= 0.3 is 12.1 Å². The summed E-state index contributed by atoms with van der Waals surface area (Å²) in [4.78, 5) is 18.5. The van der Waals surface area contributed by atoms with Gasteiger partial charge in [0.2, 0.25) is 0 Å². The van der Waals surface area contributed by atoms with Gasteiger partial charge in [-0.1, -0.05) is 19.1 Å². The Kier molecular flexibility index (Phi) is 4.74. The summed E-state index contributed by atoms with van der Waals surface area (Å²) < 4.78 is 10.3. The monoisotopic (exact) mass is 263 g/mol. The van der Waals surface area contributed by atoms with E-state index in [2.05, 4.69) is 15.3 Å². The van der Waals surface area contributed by atoms with Crippen molar-refractivity contribution >= 4 is 17.1 Å². The number of para-hydroxylation sites is 2. The van der Waals surface area contributed by atoms with Crippen LogP contribution in [0.3, 0.4) is 0 Å². The molecule has 0 aliphatic heterocycles. The summed E-state index contributed by atoms with van der Waals surface area (Å²) in [5, 5.41) is 2.59. The number of carbonyl (C=O) groups excluding carboxylic acids is 1. The number of imidazole rings is 1. The van der Waals surface area contributed by atoms with Crippen LogP contribution in [0.15, 0.2) is 24.3 Å². The first-order chi connectivity index (χ1) is 9.29. The largest absolute Gasteiger partial charge is 0.415 e. The molecule has 0 radical (unpaired) electrons. The van der Waals surface area contributed by atoms with Gasteiger partial charge in [-0.2, -0.15) is 4.98 Å². The molecule has 19 heavy (non-hydrogen) atoms. The van der Waals surface area contributed by atoms with E-state index in [1.54, 1.807) is 0 Å². The molecule has 0 saturated carbocycles. The Morgan fingerprint density at radius 1 is 1.37 bits per heavy atom. The van der Waals surface area contributed by atoms with Gasteiger partial charge in [-0.15, -0.1) is 0 Å². The minimum Gasteiger partial charge on any atom is -0.380 e. The van der Waals surface area contributed by atoms with Gasteiger partial charge in [-0.3, -0.25) is 0 Å². The third kappa shape index (κ3) is 3.96. The summed E-state index contributed by atoms with van der Waals surface area (Å²) >= 11 is 0. The summed E-state index contributed by atoms with van der Waals surface area (Å²) in [5.74, 6) is 0. The number of fused-ring (bicyclic) bond motifs is 1. The number of aromatic amines is 1. The molecule has 0 aliphatic rings. The van der Waals surface area contributed by atoms with Gasteiger partial charge in [0.05, 0.1) is 17.6 Å². The zero-order valence-electron chi connectivity index (χ0n) is 10.8. The number of hydrogen-bond acceptors (Lipinski definition) is 4. The van der Waals surface area contributed by atoms with E-state index in [9.17, 15) is 4.79 Å². The maximum Gasteiger partial charge on any atom is 0.415 e. The van der Waals surface area contributed by atoms with Crippen LogP contribution in [-0.4, -0.2) is 35.8 Å². The molecule has 6 heteroatoms. The van der Waals surface area contributed by atoms with E-state index in [-0.39, 0.29) is 6.01 Å². The van der Waals surface area contributed by atoms with E-state index in [0.717, 1.165) is 17.5 Å². The van der Waals surface area contributed by atoms with E-state index in [0.29, 0.717) is 19.8 Å². The summed E-state index contributed by atoms with van der Waals surface area (Å²) in [7, 11) is 0. The number of benzene rings is 1. The van der Waals surface area contributed by atoms with Crippen molar-refractivity contribution in [3.63, 3.8) is 0 Å². The second-order valence-corrected chi connectivity index (χ2v) is 3.99. The van der Waals surface area contributed by atoms with E-state index in [1.165, 1.54) is 0 Å². The molecular weight excluding hydrogens is 246 g/mol. The summed E-state index contributed by atoms with van der Waals surface area (Å²) in [5.41, 5.74) is 1.59. The Labute approximate surface area is 111 Å². The first-order valence-corrected chi connectivity index (χ1v) is 6.27. The number of rotatable bonds is 6. The van der Waals surface area contributed by atoms with E-state index in [4.69, 9.17) is 9.47 Å². The Morgan fingerprint density at radius 2 is 2.21 bits per heavy atom. The van der Waals surface area contributed by atoms with E-state index < -0.39 is 6.09 Å². The Balaban J connectivity index is 1.78. The number of nitrogens with one attached hydrogen (secondary N) is 2. The lowest BCUT2D eigenvalue weighted by Gasteiger charge is -2.04. The van der Waals surface area contributed by atoms with Gasteiger partial charge in [0.1, 0.15) is 0 Å².